The highest BCUT2D eigenvalue weighted by molar-refractivity contribution is 5.95. The summed E-state index contributed by atoms with van der Waals surface area (Å²) in [5.41, 5.74) is 0.356. The number of carboxylic acids is 1. The van der Waals surface area contributed by atoms with Crippen molar-refractivity contribution in [3.63, 3.8) is 0 Å². The number of carboxylic acid groups (broad SMARTS) is 1. The Balaban J connectivity index is 1.78. The molecule has 2 aliphatic rings. The summed E-state index contributed by atoms with van der Waals surface area (Å²) in [4.78, 5) is 23.6. The Labute approximate surface area is 116 Å². The molecular weight excluding hydrogens is 261 g/mol. The highest BCUT2D eigenvalue weighted by atomic mass is 19.1. The van der Waals surface area contributed by atoms with E-state index >= 15 is 0 Å². The molecular formula is C15H15FNO3-. The maximum Gasteiger partial charge on any atom is 0.228 e. The van der Waals surface area contributed by atoms with Gasteiger partial charge in [-0.15, -0.1) is 0 Å². The largest absolute Gasteiger partial charge is 0.550 e. The number of benzene rings is 1. The van der Waals surface area contributed by atoms with Gasteiger partial charge in [-0.25, -0.2) is 4.39 Å². The Bertz CT molecular complexity index is 560. The highest BCUT2D eigenvalue weighted by Crippen LogP contribution is 2.52. The van der Waals surface area contributed by atoms with E-state index in [1.807, 2.05) is 0 Å². The predicted octanol–water partition coefficient (Wildman–Crippen LogP) is 1.18. The van der Waals surface area contributed by atoms with Crippen molar-refractivity contribution in [2.75, 3.05) is 5.32 Å². The Morgan fingerprint density at radius 1 is 1.20 bits per heavy atom. The Hall–Kier alpha value is -1.91. The second kappa shape index (κ2) is 4.89. The van der Waals surface area contributed by atoms with Crippen LogP contribution in [0.25, 0.3) is 0 Å². The molecule has 4 atom stereocenters. The minimum absolute atomic E-state index is 0.0493. The van der Waals surface area contributed by atoms with Gasteiger partial charge in [-0.2, -0.15) is 0 Å². The van der Waals surface area contributed by atoms with Crippen molar-refractivity contribution in [3.05, 3.63) is 30.1 Å². The standard InChI is InChI=1S/C15H16FNO3/c16-10-2-1-3-11(7-10)17-14(18)12-8-4-5-9(6-8)13(12)15(19)20/h1-3,7-9,12-13H,4-6H2,(H,17,18)(H,19,20)/p-1/t8-,9-,12-,13-/m0/s1. The van der Waals surface area contributed by atoms with Gasteiger partial charge in [0.05, 0.1) is 0 Å². The van der Waals surface area contributed by atoms with E-state index in [1.165, 1.54) is 18.2 Å². The third-order valence-corrected chi connectivity index (χ3v) is 4.58. The number of aliphatic carboxylic acids is 1. The van der Waals surface area contributed by atoms with Crippen LogP contribution in [0.3, 0.4) is 0 Å². The zero-order chi connectivity index (χ0) is 14.3. The van der Waals surface area contributed by atoms with Crippen LogP contribution >= 0.6 is 0 Å². The van der Waals surface area contributed by atoms with Gasteiger partial charge < -0.3 is 15.2 Å². The zero-order valence-corrected chi connectivity index (χ0v) is 10.8. The number of hydrogen-bond donors (Lipinski definition) is 1. The van der Waals surface area contributed by atoms with Crippen molar-refractivity contribution < 1.29 is 19.1 Å². The maximum atomic E-state index is 13.1. The van der Waals surface area contributed by atoms with Crippen LogP contribution in [0.2, 0.25) is 0 Å². The average Bonchev–Trinajstić information content (AvgIpc) is 2.98. The van der Waals surface area contributed by atoms with Crippen molar-refractivity contribution in [2.24, 2.45) is 23.7 Å². The molecule has 1 N–H and O–H groups in total. The van der Waals surface area contributed by atoms with Gasteiger partial charge in [0, 0.05) is 23.5 Å². The van der Waals surface area contributed by atoms with Gasteiger partial charge in [0.25, 0.3) is 0 Å². The van der Waals surface area contributed by atoms with E-state index in [0.717, 1.165) is 19.3 Å². The fourth-order valence-electron chi connectivity index (χ4n) is 3.80. The van der Waals surface area contributed by atoms with E-state index < -0.39 is 23.6 Å². The van der Waals surface area contributed by atoms with Gasteiger partial charge in [0.1, 0.15) is 5.82 Å². The molecule has 2 saturated carbocycles. The molecule has 2 bridgehead atoms. The number of fused-ring (bicyclic) bond motifs is 2. The molecule has 2 aliphatic carbocycles. The van der Waals surface area contributed by atoms with Crippen molar-refractivity contribution in [1.29, 1.82) is 0 Å². The maximum absolute atomic E-state index is 13.1. The SMILES string of the molecule is O=C([O-])[C@H]1[C@H]2CC[C@@H](C2)[C@@H]1C(=O)Nc1cccc(F)c1. The van der Waals surface area contributed by atoms with Crippen molar-refractivity contribution >= 4 is 17.6 Å². The van der Waals surface area contributed by atoms with Crippen LogP contribution in [0.4, 0.5) is 10.1 Å². The van der Waals surface area contributed by atoms with Gasteiger partial charge >= 0.3 is 0 Å². The van der Waals surface area contributed by atoms with Crippen LogP contribution in [0.15, 0.2) is 24.3 Å². The summed E-state index contributed by atoms with van der Waals surface area (Å²) in [7, 11) is 0. The second-order valence-corrected chi connectivity index (χ2v) is 5.70. The summed E-state index contributed by atoms with van der Waals surface area (Å²) < 4.78 is 13.1. The topological polar surface area (TPSA) is 69.2 Å². The predicted molar refractivity (Wildman–Crippen MR) is 67.8 cm³/mol. The number of amides is 1. The molecule has 0 unspecified atom stereocenters. The molecule has 0 spiro atoms. The van der Waals surface area contributed by atoms with Crippen molar-refractivity contribution in [3.8, 4) is 0 Å². The zero-order valence-electron chi connectivity index (χ0n) is 10.8. The smallest absolute Gasteiger partial charge is 0.228 e. The lowest BCUT2D eigenvalue weighted by Gasteiger charge is -2.30. The number of nitrogens with one attached hydrogen (secondary N) is 1. The lowest BCUT2D eigenvalue weighted by Crippen LogP contribution is -2.43. The van der Waals surface area contributed by atoms with E-state index in [-0.39, 0.29) is 17.7 Å². The summed E-state index contributed by atoms with van der Waals surface area (Å²) in [6.45, 7) is 0. The Kier molecular flexibility index (Phi) is 3.20. The molecule has 0 aromatic heterocycles. The molecule has 0 aliphatic heterocycles. The van der Waals surface area contributed by atoms with Crippen LogP contribution in [-0.2, 0) is 9.59 Å². The summed E-state index contributed by atoms with van der Waals surface area (Å²) in [5, 5.41) is 13.9. The van der Waals surface area contributed by atoms with Crippen LogP contribution in [0.1, 0.15) is 19.3 Å². The monoisotopic (exact) mass is 276 g/mol. The third kappa shape index (κ3) is 2.17. The number of carbonyl (C=O) groups excluding carboxylic acids is 2. The molecule has 3 rings (SSSR count). The molecule has 5 heteroatoms. The van der Waals surface area contributed by atoms with Gasteiger partial charge in [-0.1, -0.05) is 6.07 Å². The molecule has 1 aromatic carbocycles. The van der Waals surface area contributed by atoms with E-state index in [1.54, 1.807) is 6.07 Å². The molecule has 20 heavy (non-hydrogen) atoms. The van der Waals surface area contributed by atoms with E-state index in [9.17, 15) is 19.1 Å². The quantitative estimate of drug-likeness (QED) is 0.901. The van der Waals surface area contributed by atoms with Gasteiger partial charge in [-0.3, -0.25) is 4.79 Å². The van der Waals surface area contributed by atoms with Crippen LogP contribution < -0.4 is 10.4 Å². The lowest BCUT2D eigenvalue weighted by molar-refractivity contribution is -0.314. The molecule has 2 fully saturated rings. The normalized spacial score (nSPS) is 31.2. The fraction of sp³-hybridized carbons (Fsp3) is 0.467. The average molecular weight is 276 g/mol. The van der Waals surface area contributed by atoms with Gasteiger partial charge in [-0.05, 0) is 49.3 Å². The Morgan fingerprint density at radius 3 is 2.55 bits per heavy atom. The van der Waals surface area contributed by atoms with Crippen LogP contribution in [-0.4, -0.2) is 11.9 Å². The summed E-state index contributed by atoms with van der Waals surface area (Å²) in [6, 6.07) is 5.60. The van der Waals surface area contributed by atoms with Gasteiger partial charge in [0.2, 0.25) is 5.91 Å². The van der Waals surface area contributed by atoms with Crippen molar-refractivity contribution in [2.45, 2.75) is 19.3 Å². The minimum Gasteiger partial charge on any atom is -0.550 e. The van der Waals surface area contributed by atoms with E-state index in [4.69, 9.17) is 0 Å². The fourth-order valence-corrected chi connectivity index (χ4v) is 3.80. The second-order valence-electron chi connectivity index (χ2n) is 5.70. The lowest BCUT2D eigenvalue weighted by atomic mass is 9.78. The molecule has 0 radical (unpaired) electrons. The van der Waals surface area contributed by atoms with E-state index in [0.29, 0.717) is 5.69 Å². The molecule has 1 amide bonds. The third-order valence-electron chi connectivity index (χ3n) is 4.58. The van der Waals surface area contributed by atoms with Gasteiger partial charge in [0.15, 0.2) is 0 Å². The summed E-state index contributed by atoms with van der Waals surface area (Å²) in [6.07, 6.45) is 2.52. The summed E-state index contributed by atoms with van der Waals surface area (Å²) in [5.74, 6) is -3.02. The summed E-state index contributed by atoms with van der Waals surface area (Å²) >= 11 is 0. The first kappa shape index (κ1) is 13.1. The number of halogens is 1. The van der Waals surface area contributed by atoms with Crippen LogP contribution in [0, 0.1) is 29.5 Å². The molecule has 4 nitrogen and oxygen atoms in total. The number of carbonyl (C=O) groups is 2. The number of rotatable bonds is 3. The van der Waals surface area contributed by atoms with Crippen LogP contribution in [0.5, 0.6) is 0 Å². The van der Waals surface area contributed by atoms with E-state index in [2.05, 4.69) is 5.32 Å². The minimum atomic E-state index is -1.14. The first-order valence-electron chi connectivity index (χ1n) is 6.83. The first-order valence-corrected chi connectivity index (χ1v) is 6.83. The molecule has 1 aromatic rings. The number of hydrogen-bond acceptors (Lipinski definition) is 3. The molecule has 106 valence electrons. The first-order chi connectivity index (χ1) is 9.56. The van der Waals surface area contributed by atoms with Crippen molar-refractivity contribution in [1.82, 2.24) is 0 Å². The number of anilines is 1. The highest BCUT2D eigenvalue weighted by Gasteiger charge is 2.51. The molecule has 0 heterocycles. The Morgan fingerprint density at radius 2 is 1.90 bits per heavy atom. The molecule has 0 saturated heterocycles.